The third-order valence-corrected chi connectivity index (χ3v) is 2.24. The third kappa shape index (κ3) is 2.48. The van der Waals surface area contributed by atoms with E-state index in [9.17, 15) is 8.76 Å². The zero-order valence-corrected chi connectivity index (χ0v) is 9.57. The Morgan fingerprint density at radius 1 is 1.70 bits per heavy atom. The van der Waals surface area contributed by atoms with Gasteiger partial charge in [0, 0.05) is 11.1 Å². The molecule has 3 nitrogen and oxygen atoms in total. The summed E-state index contributed by atoms with van der Waals surface area (Å²) in [7, 11) is 0. The van der Waals surface area contributed by atoms with E-state index in [0.29, 0.717) is 4.47 Å². The molecule has 0 spiro atoms. The van der Waals surface area contributed by atoms with Crippen molar-refractivity contribution in [2.75, 3.05) is 0 Å². The predicted octanol–water partition coefficient (Wildman–Crippen LogP) is -1.72. The smallest absolute Gasteiger partial charge is 0.766 e. The summed E-state index contributed by atoms with van der Waals surface area (Å²) in [5.74, 6) is 0. The molecule has 10 heavy (non-hydrogen) atoms. The molecule has 0 fully saturated rings. The van der Waals surface area contributed by atoms with E-state index in [4.69, 9.17) is 0 Å². The standard InChI is InChI=1S/C4H3BrO3S.Na/c5-3-1-2-8-4(3)9(6)7;/h1-2H,(H,6,7);/q;+1/p-1. The molecule has 0 N–H and O–H groups in total. The molecule has 0 aromatic carbocycles. The van der Waals surface area contributed by atoms with Gasteiger partial charge in [0.25, 0.3) is 0 Å². The molecule has 1 aromatic heterocycles. The van der Waals surface area contributed by atoms with E-state index in [1.54, 1.807) is 0 Å². The van der Waals surface area contributed by atoms with Crippen LogP contribution < -0.4 is 29.6 Å². The maximum absolute atomic E-state index is 10.2. The Morgan fingerprint density at radius 3 is 2.50 bits per heavy atom. The summed E-state index contributed by atoms with van der Waals surface area (Å²) in [4.78, 5) is 0. The van der Waals surface area contributed by atoms with Crippen LogP contribution in [0.1, 0.15) is 0 Å². The fourth-order valence-electron chi connectivity index (χ4n) is 0.399. The zero-order chi connectivity index (χ0) is 6.85. The van der Waals surface area contributed by atoms with Gasteiger partial charge in [-0.05, 0) is 22.0 Å². The van der Waals surface area contributed by atoms with Gasteiger partial charge in [-0.25, -0.2) is 0 Å². The second-order valence-corrected chi connectivity index (χ2v) is 2.99. The van der Waals surface area contributed by atoms with Crippen molar-refractivity contribution in [3.8, 4) is 0 Å². The van der Waals surface area contributed by atoms with Crippen LogP contribution in [0.2, 0.25) is 0 Å². The molecule has 0 saturated heterocycles. The Kier molecular flexibility index (Phi) is 5.10. The van der Waals surface area contributed by atoms with Crippen molar-refractivity contribution < 1.29 is 42.7 Å². The topological polar surface area (TPSA) is 53.3 Å². The fraction of sp³-hybridized carbons (Fsp3) is 0. The van der Waals surface area contributed by atoms with Gasteiger partial charge >= 0.3 is 29.6 Å². The summed E-state index contributed by atoms with van der Waals surface area (Å²) >= 11 is 0.707. The Bertz CT molecular complexity index is 236. The second kappa shape index (κ2) is 4.69. The van der Waals surface area contributed by atoms with Gasteiger partial charge in [0.15, 0.2) is 5.09 Å². The molecule has 50 valence electrons. The SMILES string of the molecule is O=S([O-])c1occc1Br.[Na+]. The van der Waals surface area contributed by atoms with Gasteiger partial charge in [0.1, 0.15) is 0 Å². The molecule has 1 aromatic rings. The van der Waals surface area contributed by atoms with Gasteiger partial charge in [0.2, 0.25) is 0 Å². The number of hydrogen-bond donors (Lipinski definition) is 0. The van der Waals surface area contributed by atoms with E-state index in [1.807, 2.05) is 0 Å². The minimum atomic E-state index is -2.27. The first kappa shape index (κ1) is 10.9. The van der Waals surface area contributed by atoms with Crippen LogP contribution in [0.5, 0.6) is 0 Å². The molecule has 0 saturated carbocycles. The molecule has 1 atom stereocenters. The van der Waals surface area contributed by atoms with Gasteiger partial charge in [-0.3, -0.25) is 4.21 Å². The molecule has 0 aliphatic carbocycles. The van der Waals surface area contributed by atoms with Crippen LogP contribution >= 0.6 is 15.9 Å². The van der Waals surface area contributed by atoms with E-state index in [0.717, 1.165) is 0 Å². The van der Waals surface area contributed by atoms with E-state index >= 15 is 0 Å². The molecule has 1 rings (SSSR count). The average molecular weight is 233 g/mol. The third-order valence-electron chi connectivity index (χ3n) is 0.736. The molecular weight excluding hydrogens is 231 g/mol. The maximum atomic E-state index is 10.2. The molecule has 1 unspecified atom stereocenters. The summed E-state index contributed by atoms with van der Waals surface area (Å²) in [6.45, 7) is 0. The van der Waals surface area contributed by atoms with Crippen LogP contribution in [0, 0.1) is 0 Å². The minimum Gasteiger partial charge on any atom is -0.766 e. The van der Waals surface area contributed by atoms with Crippen molar-refractivity contribution in [1.82, 2.24) is 0 Å². The second-order valence-electron chi connectivity index (χ2n) is 1.29. The quantitative estimate of drug-likeness (QED) is 0.428. The Hall–Kier alpha value is 0.870. The van der Waals surface area contributed by atoms with Gasteiger partial charge in [-0.1, -0.05) is 0 Å². The molecule has 6 heteroatoms. The van der Waals surface area contributed by atoms with Crippen molar-refractivity contribution in [3.63, 3.8) is 0 Å². The summed E-state index contributed by atoms with van der Waals surface area (Å²) in [5, 5.41) is -0.0602. The molecule has 0 amide bonds. The Morgan fingerprint density at radius 2 is 2.30 bits per heavy atom. The van der Waals surface area contributed by atoms with E-state index in [2.05, 4.69) is 20.3 Å². The van der Waals surface area contributed by atoms with Gasteiger partial charge in [0.05, 0.1) is 10.7 Å². The van der Waals surface area contributed by atoms with Crippen molar-refractivity contribution in [2.45, 2.75) is 5.09 Å². The van der Waals surface area contributed by atoms with Crippen LogP contribution in [-0.4, -0.2) is 8.76 Å². The molecular formula is C4H2BrNaO3S. The van der Waals surface area contributed by atoms with Crippen LogP contribution in [0.15, 0.2) is 26.3 Å². The van der Waals surface area contributed by atoms with Gasteiger partial charge in [-0.15, -0.1) is 0 Å². The van der Waals surface area contributed by atoms with Crippen molar-refractivity contribution in [1.29, 1.82) is 0 Å². The van der Waals surface area contributed by atoms with E-state index in [-0.39, 0.29) is 34.6 Å². The van der Waals surface area contributed by atoms with E-state index < -0.39 is 11.1 Å². The average Bonchev–Trinajstić information content (AvgIpc) is 2.13. The number of furan rings is 1. The monoisotopic (exact) mass is 232 g/mol. The predicted molar refractivity (Wildman–Crippen MR) is 33.6 cm³/mol. The summed E-state index contributed by atoms with van der Waals surface area (Å²) < 4.78 is 25.3. The van der Waals surface area contributed by atoms with Crippen molar-refractivity contribution >= 4 is 27.0 Å². The van der Waals surface area contributed by atoms with Crippen molar-refractivity contribution in [2.24, 2.45) is 0 Å². The number of hydrogen-bond acceptors (Lipinski definition) is 3. The maximum Gasteiger partial charge on any atom is 1.00 e. The van der Waals surface area contributed by atoms with Crippen LogP contribution in [0.3, 0.4) is 0 Å². The largest absolute Gasteiger partial charge is 1.00 e. The fourth-order valence-corrected chi connectivity index (χ4v) is 1.36. The molecule has 0 radical (unpaired) electrons. The normalized spacial score (nSPS) is 12.2. The number of halogens is 1. The first-order valence-corrected chi connectivity index (χ1v) is 3.91. The van der Waals surface area contributed by atoms with Crippen molar-refractivity contribution in [3.05, 3.63) is 16.8 Å². The first-order chi connectivity index (χ1) is 4.22. The van der Waals surface area contributed by atoms with Gasteiger partial charge < -0.3 is 8.97 Å². The Balaban J connectivity index is 0.000000810. The Labute approximate surface area is 90.9 Å². The molecule has 0 aliphatic rings. The van der Waals surface area contributed by atoms with Crippen LogP contribution in [-0.2, 0) is 11.1 Å². The van der Waals surface area contributed by atoms with E-state index in [1.165, 1.54) is 12.3 Å². The molecule has 0 aliphatic heterocycles. The summed E-state index contributed by atoms with van der Waals surface area (Å²) in [6, 6.07) is 1.52. The molecule has 1 heterocycles. The summed E-state index contributed by atoms with van der Waals surface area (Å²) in [5.41, 5.74) is 0. The van der Waals surface area contributed by atoms with Crippen LogP contribution in [0.25, 0.3) is 0 Å². The number of rotatable bonds is 1. The summed E-state index contributed by atoms with van der Waals surface area (Å²) in [6.07, 6.45) is 1.30. The molecule has 0 bridgehead atoms. The van der Waals surface area contributed by atoms with Crippen LogP contribution in [0.4, 0.5) is 0 Å². The zero-order valence-electron chi connectivity index (χ0n) is 5.17. The van der Waals surface area contributed by atoms with Gasteiger partial charge in [-0.2, -0.15) is 0 Å². The minimum absolute atomic E-state index is 0. The first-order valence-electron chi connectivity index (χ1n) is 2.04.